The lowest BCUT2D eigenvalue weighted by Gasteiger charge is -2.36. The molecule has 0 N–H and O–H groups in total. The summed E-state index contributed by atoms with van der Waals surface area (Å²) in [6.07, 6.45) is 1.43. The van der Waals surface area contributed by atoms with Crippen LogP contribution < -0.4 is 4.90 Å². The van der Waals surface area contributed by atoms with Gasteiger partial charge in [0.15, 0.2) is 11.3 Å². The van der Waals surface area contributed by atoms with E-state index in [1.54, 1.807) is 4.90 Å². The molecular formula is C23H21ClN4O3S. The van der Waals surface area contributed by atoms with E-state index in [0.29, 0.717) is 48.7 Å². The number of aryl methyl sites for hydroxylation is 1. The molecule has 0 aliphatic carbocycles. The highest BCUT2D eigenvalue weighted by Crippen LogP contribution is 2.28. The Kier molecular flexibility index (Phi) is 5.80. The van der Waals surface area contributed by atoms with Gasteiger partial charge in [-0.25, -0.2) is 9.97 Å². The molecule has 2 aromatic carbocycles. The number of oxazole rings is 2. The summed E-state index contributed by atoms with van der Waals surface area (Å²) in [6.45, 7) is 4.63. The summed E-state index contributed by atoms with van der Waals surface area (Å²) >= 11 is 7.69. The number of amides is 1. The summed E-state index contributed by atoms with van der Waals surface area (Å²) in [7, 11) is 0. The third-order valence-electron chi connectivity index (χ3n) is 5.45. The standard InChI is InChI=1S/C23H21ClN4O3S/c1-15-5-4-8-19-21(15)26-23(31-19)32-14-20-25-17(13-30-20)22(29)28-11-9-27(10-12-28)18-7-3-2-6-16(18)24/h2-8,13H,9-12,14H2,1H3. The molecule has 9 heteroatoms. The van der Waals surface area contributed by atoms with Crippen LogP contribution in [0.1, 0.15) is 21.9 Å². The maximum atomic E-state index is 12.9. The number of anilines is 1. The van der Waals surface area contributed by atoms with Gasteiger partial charge in [-0.2, -0.15) is 0 Å². The van der Waals surface area contributed by atoms with Crippen LogP contribution in [0.2, 0.25) is 5.02 Å². The third kappa shape index (κ3) is 4.20. The van der Waals surface area contributed by atoms with Gasteiger partial charge in [-0.05, 0) is 30.7 Å². The Bertz CT molecular complexity index is 1260. The second kappa shape index (κ2) is 8.88. The van der Waals surface area contributed by atoms with Crippen LogP contribution in [0.5, 0.6) is 0 Å². The van der Waals surface area contributed by atoms with Crippen LogP contribution in [-0.2, 0) is 5.75 Å². The third-order valence-corrected chi connectivity index (χ3v) is 6.58. The summed E-state index contributed by atoms with van der Waals surface area (Å²) in [5.41, 5.74) is 3.99. The minimum Gasteiger partial charge on any atom is -0.447 e. The number of hydrogen-bond donors (Lipinski definition) is 0. The summed E-state index contributed by atoms with van der Waals surface area (Å²) < 4.78 is 11.3. The lowest BCUT2D eigenvalue weighted by molar-refractivity contribution is 0.0741. The van der Waals surface area contributed by atoms with Crippen molar-refractivity contribution in [2.75, 3.05) is 31.1 Å². The molecule has 1 aliphatic heterocycles. The number of carbonyl (C=O) groups is 1. The van der Waals surface area contributed by atoms with E-state index in [1.165, 1.54) is 18.0 Å². The van der Waals surface area contributed by atoms with E-state index in [4.69, 9.17) is 20.4 Å². The van der Waals surface area contributed by atoms with Gasteiger partial charge in [-0.1, -0.05) is 47.6 Å². The van der Waals surface area contributed by atoms with Crippen molar-refractivity contribution in [3.05, 3.63) is 70.9 Å². The first-order valence-electron chi connectivity index (χ1n) is 10.3. The van der Waals surface area contributed by atoms with Gasteiger partial charge in [0, 0.05) is 26.2 Å². The number of nitrogens with zero attached hydrogens (tertiary/aromatic N) is 4. The molecule has 1 amide bonds. The average molecular weight is 469 g/mol. The zero-order valence-electron chi connectivity index (χ0n) is 17.5. The molecule has 1 saturated heterocycles. The molecule has 0 bridgehead atoms. The second-order valence-corrected chi connectivity index (χ2v) is 8.88. The van der Waals surface area contributed by atoms with Gasteiger partial charge in [-0.15, -0.1) is 0 Å². The number of rotatable bonds is 5. The van der Waals surface area contributed by atoms with Gasteiger partial charge >= 0.3 is 0 Å². The van der Waals surface area contributed by atoms with E-state index in [0.717, 1.165) is 27.4 Å². The topological polar surface area (TPSA) is 75.6 Å². The van der Waals surface area contributed by atoms with E-state index in [-0.39, 0.29) is 5.91 Å². The summed E-state index contributed by atoms with van der Waals surface area (Å²) in [5, 5.41) is 1.27. The monoisotopic (exact) mass is 468 g/mol. The molecule has 0 unspecified atom stereocenters. The number of aromatic nitrogens is 2. The first-order valence-corrected chi connectivity index (χ1v) is 11.7. The number of hydrogen-bond acceptors (Lipinski definition) is 7. The molecule has 0 saturated carbocycles. The van der Waals surface area contributed by atoms with Crippen LogP contribution in [-0.4, -0.2) is 47.0 Å². The highest BCUT2D eigenvalue weighted by Gasteiger charge is 2.25. The van der Waals surface area contributed by atoms with Gasteiger partial charge in [0.25, 0.3) is 11.1 Å². The number of para-hydroxylation sites is 2. The maximum Gasteiger partial charge on any atom is 0.275 e. The zero-order chi connectivity index (χ0) is 22.1. The molecule has 2 aromatic heterocycles. The molecule has 0 spiro atoms. The fourth-order valence-corrected chi connectivity index (χ4v) is 4.69. The van der Waals surface area contributed by atoms with Gasteiger partial charge in [0.05, 0.1) is 16.5 Å². The predicted molar refractivity (Wildman–Crippen MR) is 124 cm³/mol. The van der Waals surface area contributed by atoms with E-state index >= 15 is 0 Å². The fourth-order valence-electron chi connectivity index (χ4n) is 3.75. The molecule has 0 radical (unpaired) electrons. The lowest BCUT2D eigenvalue weighted by atomic mass is 10.2. The van der Waals surface area contributed by atoms with Crippen LogP contribution >= 0.6 is 23.4 Å². The van der Waals surface area contributed by atoms with E-state index in [2.05, 4.69) is 14.9 Å². The minimum atomic E-state index is -0.124. The first kappa shape index (κ1) is 20.9. The van der Waals surface area contributed by atoms with Crippen LogP contribution in [0.15, 0.2) is 62.8 Å². The number of thioether (sulfide) groups is 1. The number of halogens is 1. The fraction of sp³-hybridized carbons (Fsp3) is 0.261. The zero-order valence-corrected chi connectivity index (χ0v) is 19.0. The molecule has 1 aliphatic rings. The molecule has 5 rings (SSSR count). The lowest BCUT2D eigenvalue weighted by Crippen LogP contribution is -2.49. The Morgan fingerprint density at radius 3 is 2.69 bits per heavy atom. The highest BCUT2D eigenvalue weighted by molar-refractivity contribution is 7.98. The largest absolute Gasteiger partial charge is 0.447 e. The van der Waals surface area contributed by atoms with Crippen molar-refractivity contribution >= 4 is 46.1 Å². The number of fused-ring (bicyclic) bond motifs is 1. The normalized spacial score (nSPS) is 14.3. The van der Waals surface area contributed by atoms with Crippen LogP contribution in [0, 0.1) is 6.92 Å². The summed E-state index contributed by atoms with van der Waals surface area (Å²) in [5.74, 6) is 0.771. The highest BCUT2D eigenvalue weighted by atomic mass is 35.5. The van der Waals surface area contributed by atoms with Crippen molar-refractivity contribution in [3.63, 3.8) is 0 Å². The average Bonchev–Trinajstić information content (AvgIpc) is 3.45. The van der Waals surface area contributed by atoms with Gasteiger partial charge in [-0.3, -0.25) is 4.79 Å². The van der Waals surface area contributed by atoms with Crippen molar-refractivity contribution in [1.29, 1.82) is 0 Å². The molecule has 7 nitrogen and oxygen atoms in total. The van der Waals surface area contributed by atoms with Crippen molar-refractivity contribution < 1.29 is 13.6 Å². The van der Waals surface area contributed by atoms with Crippen molar-refractivity contribution in [2.45, 2.75) is 17.9 Å². The maximum absolute atomic E-state index is 12.9. The molecule has 1 fully saturated rings. The number of piperazine rings is 1. The van der Waals surface area contributed by atoms with Crippen LogP contribution in [0.4, 0.5) is 5.69 Å². The predicted octanol–water partition coefficient (Wildman–Crippen LogP) is 5.03. The molecule has 32 heavy (non-hydrogen) atoms. The Morgan fingerprint density at radius 2 is 1.91 bits per heavy atom. The van der Waals surface area contributed by atoms with Crippen molar-refractivity contribution in [1.82, 2.24) is 14.9 Å². The van der Waals surface area contributed by atoms with Gasteiger partial charge in [0.2, 0.25) is 5.89 Å². The summed E-state index contributed by atoms with van der Waals surface area (Å²) in [6, 6.07) is 13.6. The van der Waals surface area contributed by atoms with Crippen LogP contribution in [0.25, 0.3) is 11.1 Å². The van der Waals surface area contributed by atoms with E-state index < -0.39 is 0 Å². The van der Waals surface area contributed by atoms with Crippen molar-refractivity contribution in [3.8, 4) is 0 Å². The molecule has 0 atom stereocenters. The van der Waals surface area contributed by atoms with Gasteiger partial charge < -0.3 is 18.6 Å². The number of benzene rings is 2. The molecular weight excluding hydrogens is 448 g/mol. The number of carbonyl (C=O) groups excluding carboxylic acids is 1. The SMILES string of the molecule is Cc1cccc2oc(SCc3nc(C(=O)N4CCN(c5ccccc5Cl)CC4)co3)nc12. The Morgan fingerprint density at radius 1 is 1.09 bits per heavy atom. The minimum absolute atomic E-state index is 0.124. The molecule has 164 valence electrons. The molecule has 4 aromatic rings. The van der Waals surface area contributed by atoms with E-state index in [1.807, 2.05) is 49.4 Å². The second-order valence-electron chi connectivity index (χ2n) is 7.55. The van der Waals surface area contributed by atoms with Crippen molar-refractivity contribution in [2.24, 2.45) is 0 Å². The smallest absolute Gasteiger partial charge is 0.275 e. The van der Waals surface area contributed by atoms with Gasteiger partial charge in [0.1, 0.15) is 11.8 Å². The Balaban J connectivity index is 1.18. The quantitative estimate of drug-likeness (QED) is 0.380. The summed E-state index contributed by atoms with van der Waals surface area (Å²) in [4.78, 5) is 25.8. The van der Waals surface area contributed by atoms with E-state index in [9.17, 15) is 4.79 Å². The molecule has 3 heterocycles. The Hall–Kier alpha value is -2.97. The van der Waals surface area contributed by atoms with Crippen LogP contribution in [0.3, 0.4) is 0 Å². The first-order chi connectivity index (χ1) is 15.6. The Labute approximate surface area is 194 Å².